The van der Waals surface area contributed by atoms with Crippen LogP contribution < -0.4 is 10.9 Å². The molecule has 0 bridgehead atoms. The summed E-state index contributed by atoms with van der Waals surface area (Å²) in [4.78, 5) is 15.0. The lowest BCUT2D eigenvalue weighted by Gasteiger charge is -2.09. The molecule has 0 amide bonds. The van der Waals surface area contributed by atoms with Gasteiger partial charge in [0.1, 0.15) is 4.47 Å². The van der Waals surface area contributed by atoms with Gasteiger partial charge in [0.25, 0.3) is 5.56 Å². The van der Waals surface area contributed by atoms with E-state index < -0.39 is 0 Å². The van der Waals surface area contributed by atoms with E-state index in [0.717, 1.165) is 18.7 Å². The molecule has 21 heavy (non-hydrogen) atoms. The van der Waals surface area contributed by atoms with Crippen LogP contribution in [-0.4, -0.2) is 9.78 Å². The summed E-state index contributed by atoms with van der Waals surface area (Å²) in [5, 5.41) is 7.52. The fourth-order valence-electron chi connectivity index (χ4n) is 2.62. The fraction of sp³-hybridized carbons (Fsp3) is 0.467. The molecule has 1 aliphatic rings. The van der Waals surface area contributed by atoms with Gasteiger partial charge in [-0.25, -0.2) is 4.68 Å². The van der Waals surface area contributed by atoms with E-state index in [9.17, 15) is 4.79 Å². The number of nitrogens with one attached hydrogen (secondary N) is 1. The Morgan fingerprint density at radius 3 is 3.10 bits per heavy atom. The third-order valence-corrected chi connectivity index (χ3v) is 5.67. The van der Waals surface area contributed by atoms with Crippen LogP contribution in [0.25, 0.3) is 0 Å². The molecule has 0 aliphatic heterocycles. The molecule has 0 aromatic carbocycles. The predicted octanol–water partition coefficient (Wildman–Crippen LogP) is 3.58. The number of aromatic nitrogens is 2. The number of nitrogens with zero attached hydrogens (tertiary/aromatic N) is 2. The van der Waals surface area contributed by atoms with Gasteiger partial charge in [-0.15, -0.1) is 11.3 Å². The molecule has 0 saturated heterocycles. The molecule has 2 aromatic heterocycles. The van der Waals surface area contributed by atoms with Crippen LogP contribution in [0.4, 0.5) is 5.69 Å². The molecule has 0 radical (unpaired) electrons. The normalized spacial score (nSPS) is 13.4. The number of hydrogen-bond donors (Lipinski definition) is 1. The summed E-state index contributed by atoms with van der Waals surface area (Å²) in [5.41, 5.74) is 2.20. The summed E-state index contributed by atoms with van der Waals surface area (Å²) in [6.45, 7) is 3.43. The molecule has 0 unspecified atom stereocenters. The highest BCUT2D eigenvalue weighted by Crippen LogP contribution is 2.31. The van der Waals surface area contributed by atoms with Crippen molar-refractivity contribution in [1.29, 1.82) is 0 Å². The number of halogens is 1. The highest BCUT2D eigenvalue weighted by Gasteiger charge is 2.15. The van der Waals surface area contributed by atoms with Gasteiger partial charge < -0.3 is 5.32 Å². The van der Waals surface area contributed by atoms with E-state index >= 15 is 0 Å². The zero-order chi connectivity index (χ0) is 14.8. The van der Waals surface area contributed by atoms with Gasteiger partial charge in [0.15, 0.2) is 0 Å². The van der Waals surface area contributed by atoms with Gasteiger partial charge in [-0.1, -0.05) is 6.92 Å². The zero-order valence-corrected chi connectivity index (χ0v) is 14.4. The number of rotatable bonds is 5. The highest BCUT2D eigenvalue weighted by molar-refractivity contribution is 9.10. The maximum Gasteiger partial charge on any atom is 0.283 e. The van der Waals surface area contributed by atoms with Crippen LogP contribution in [0.3, 0.4) is 0 Å². The van der Waals surface area contributed by atoms with Crippen molar-refractivity contribution in [3.63, 3.8) is 0 Å². The Balaban J connectivity index is 1.72. The monoisotopic (exact) mass is 367 g/mol. The molecular weight excluding hydrogens is 350 g/mol. The number of fused-ring (bicyclic) bond motifs is 1. The highest BCUT2D eigenvalue weighted by atomic mass is 79.9. The fourth-order valence-corrected chi connectivity index (χ4v) is 4.27. The van der Waals surface area contributed by atoms with Crippen molar-refractivity contribution < 1.29 is 0 Å². The number of anilines is 1. The zero-order valence-electron chi connectivity index (χ0n) is 12.0. The van der Waals surface area contributed by atoms with Crippen molar-refractivity contribution in [2.24, 2.45) is 0 Å². The molecule has 2 aromatic rings. The Labute approximate surface area is 136 Å². The summed E-state index contributed by atoms with van der Waals surface area (Å²) < 4.78 is 2.06. The van der Waals surface area contributed by atoms with Gasteiger partial charge in [-0.05, 0) is 53.2 Å². The van der Waals surface area contributed by atoms with E-state index in [4.69, 9.17) is 0 Å². The lowest BCUT2D eigenvalue weighted by atomic mass is 10.2. The number of thiophene rings is 1. The van der Waals surface area contributed by atoms with Gasteiger partial charge in [0, 0.05) is 22.8 Å². The molecule has 0 spiro atoms. The summed E-state index contributed by atoms with van der Waals surface area (Å²) in [6, 6.07) is 2.29. The summed E-state index contributed by atoms with van der Waals surface area (Å²) in [6.07, 6.45) is 6.35. The standard InChI is InChI=1S/C15H18BrN3OS/c1-2-6-19-15(20)14(16)12(9-18-19)17-8-11-7-10-4-3-5-13(10)21-11/h7,9,17H,2-6,8H2,1H3. The Hall–Kier alpha value is -1.14. The molecule has 0 fully saturated rings. The molecule has 1 aliphatic carbocycles. The van der Waals surface area contributed by atoms with Crippen LogP contribution in [0, 0.1) is 0 Å². The Kier molecular flexibility index (Phi) is 4.45. The molecular formula is C15H18BrN3OS. The Bertz CT molecular complexity index is 686. The second-order valence-corrected chi connectivity index (χ2v) is 7.28. The van der Waals surface area contributed by atoms with E-state index in [1.54, 1.807) is 6.20 Å². The van der Waals surface area contributed by atoms with Crippen molar-refractivity contribution >= 4 is 33.0 Å². The molecule has 4 nitrogen and oxygen atoms in total. The van der Waals surface area contributed by atoms with Crippen LogP contribution in [0.15, 0.2) is 21.5 Å². The minimum Gasteiger partial charge on any atom is -0.378 e. The molecule has 112 valence electrons. The molecule has 3 rings (SSSR count). The first-order valence-corrected chi connectivity index (χ1v) is 8.90. The van der Waals surface area contributed by atoms with Gasteiger partial charge >= 0.3 is 0 Å². The van der Waals surface area contributed by atoms with Crippen LogP contribution in [0.1, 0.15) is 35.1 Å². The van der Waals surface area contributed by atoms with Crippen molar-refractivity contribution in [1.82, 2.24) is 9.78 Å². The average molecular weight is 368 g/mol. The first-order valence-electron chi connectivity index (χ1n) is 7.29. The molecule has 6 heteroatoms. The minimum absolute atomic E-state index is 0.0736. The topological polar surface area (TPSA) is 46.9 Å². The van der Waals surface area contributed by atoms with Crippen LogP contribution in [0.2, 0.25) is 0 Å². The first kappa shape index (κ1) is 14.8. The Morgan fingerprint density at radius 1 is 1.48 bits per heavy atom. The average Bonchev–Trinajstić information content (AvgIpc) is 3.04. The SMILES string of the molecule is CCCn1ncc(NCc2cc3c(s2)CCC3)c(Br)c1=O. The maximum absolute atomic E-state index is 12.1. The van der Waals surface area contributed by atoms with Crippen LogP contribution in [-0.2, 0) is 25.9 Å². The van der Waals surface area contributed by atoms with E-state index in [1.165, 1.54) is 39.3 Å². The number of hydrogen-bond acceptors (Lipinski definition) is 4. The minimum atomic E-state index is -0.0736. The smallest absolute Gasteiger partial charge is 0.283 e. The van der Waals surface area contributed by atoms with E-state index in [2.05, 4.69) is 32.4 Å². The molecule has 2 heterocycles. The van der Waals surface area contributed by atoms with Gasteiger partial charge in [-0.2, -0.15) is 5.10 Å². The summed E-state index contributed by atoms with van der Waals surface area (Å²) in [7, 11) is 0. The summed E-state index contributed by atoms with van der Waals surface area (Å²) in [5.74, 6) is 0. The second-order valence-electron chi connectivity index (χ2n) is 5.27. The third-order valence-electron chi connectivity index (χ3n) is 3.67. The van der Waals surface area contributed by atoms with Crippen molar-refractivity contribution in [3.05, 3.63) is 42.4 Å². The van der Waals surface area contributed by atoms with E-state index in [0.29, 0.717) is 11.0 Å². The Morgan fingerprint density at radius 2 is 2.33 bits per heavy atom. The van der Waals surface area contributed by atoms with Crippen molar-refractivity contribution in [2.45, 2.75) is 45.7 Å². The van der Waals surface area contributed by atoms with Gasteiger partial charge in [0.05, 0.1) is 11.9 Å². The van der Waals surface area contributed by atoms with Gasteiger partial charge in [-0.3, -0.25) is 4.79 Å². The molecule has 0 saturated carbocycles. The molecule has 0 atom stereocenters. The van der Waals surface area contributed by atoms with Crippen LogP contribution >= 0.6 is 27.3 Å². The molecule has 1 N–H and O–H groups in total. The lowest BCUT2D eigenvalue weighted by molar-refractivity contribution is 0.566. The third kappa shape index (κ3) is 3.06. The first-order chi connectivity index (χ1) is 10.2. The van der Waals surface area contributed by atoms with Crippen LogP contribution in [0.5, 0.6) is 0 Å². The van der Waals surface area contributed by atoms with E-state index in [-0.39, 0.29) is 5.56 Å². The number of aryl methyl sites for hydroxylation is 3. The predicted molar refractivity (Wildman–Crippen MR) is 90.2 cm³/mol. The maximum atomic E-state index is 12.1. The quantitative estimate of drug-likeness (QED) is 0.878. The lowest BCUT2D eigenvalue weighted by Crippen LogP contribution is -2.24. The second kappa shape index (κ2) is 6.32. The van der Waals surface area contributed by atoms with Crippen molar-refractivity contribution in [3.8, 4) is 0 Å². The van der Waals surface area contributed by atoms with E-state index in [1.807, 2.05) is 18.3 Å². The van der Waals surface area contributed by atoms with Crippen molar-refractivity contribution in [2.75, 3.05) is 5.32 Å². The largest absolute Gasteiger partial charge is 0.378 e. The van der Waals surface area contributed by atoms with Gasteiger partial charge in [0.2, 0.25) is 0 Å². The summed E-state index contributed by atoms with van der Waals surface area (Å²) >= 11 is 5.27.